The molecule has 1 heterocycles. The molecule has 0 bridgehead atoms. The lowest BCUT2D eigenvalue weighted by atomic mass is 10.3. The van der Waals surface area contributed by atoms with Gasteiger partial charge in [0.05, 0.1) is 12.7 Å². The zero-order valence-corrected chi connectivity index (χ0v) is 10.3. The summed E-state index contributed by atoms with van der Waals surface area (Å²) in [6.45, 7) is 1.53. The molecule has 0 amide bonds. The van der Waals surface area contributed by atoms with Crippen molar-refractivity contribution in [3.05, 3.63) is 12.4 Å². The molecule has 17 heavy (non-hydrogen) atoms. The van der Waals surface area contributed by atoms with Crippen molar-refractivity contribution in [2.75, 3.05) is 30.8 Å². The van der Waals surface area contributed by atoms with Crippen LogP contribution in [0.15, 0.2) is 12.4 Å². The summed E-state index contributed by atoms with van der Waals surface area (Å²) in [7, 11) is 1.84. The number of rotatable bonds is 6. The normalized spacial score (nSPS) is 16.1. The van der Waals surface area contributed by atoms with Crippen LogP contribution >= 0.6 is 0 Å². The molecule has 0 radical (unpaired) electrons. The molecule has 0 spiro atoms. The van der Waals surface area contributed by atoms with Gasteiger partial charge in [-0.2, -0.15) is 0 Å². The van der Waals surface area contributed by atoms with Crippen LogP contribution in [-0.4, -0.2) is 36.3 Å². The van der Waals surface area contributed by atoms with E-state index in [1.165, 1.54) is 25.7 Å². The molecule has 0 unspecified atom stereocenters. The predicted octanol–water partition coefficient (Wildman–Crippen LogP) is 1.89. The summed E-state index contributed by atoms with van der Waals surface area (Å²) >= 11 is 0. The standard InChI is InChI=1S/C12H20N4O/c1-13-11-8-12(16-9-15-11)14-6-7-17-10-4-2-3-5-10/h8-10H,2-7H2,1H3,(H2,13,14,15,16). The number of nitrogens with zero attached hydrogens (tertiary/aromatic N) is 2. The van der Waals surface area contributed by atoms with E-state index >= 15 is 0 Å². The highest BCUT2D eigenvalue weighted by atomic mass is 16.5. The SMILES string of the molecule is CNc1cc(NCCOC2CCCC2)ncn1. The molecule has 0 aliphatic heterocycles. The van der Waals surface area contributed by atoms with Gasteiger partial charge in [-0.3, -0.25) is 0 Å². The zero-order chi connectivity index (χ0) is 11.9. The molecule has 2 rings (SSSR count). The fourth-order valence-corrected chi connectivity index (χ4v) is 2.05. The van der Waals surface area contributed by atoms with Crippen molar-refractivity contribution in [3.8, 4) is 0 Å². The van der Waals surface area contributed by atoms with E-state index in [0.717, 1.165) is 24.8 Å². The average Bonchev–Trinajstić information content (AvgIpc) is 2.88. The molecule has 0 aromatic carbocycles. The van der Waals surface area contributed by atoms with E-state index in [2.05, 4.69) is 20.6 Å². The van der Waals surface area contributed by atoms with E-state index in [1.807, 2.05) is 13.1 Å². The van der Waals surface area contributed by atoms with Crippen LogP contribution in [0.4, 0.5) is 11.6 Å². The fraction of sp³-hybridized carbons (Fsp3) is 0.667. The Bertz CT molecular complexity index is 339. The topological polar surface area (TPSA) is 59.1 Å². The maximum absolute atomic E-state index is 5.76. The smallest absolute Gasteiger partial charge is 0.131 e. The van der Waals surface area contributed by atoms with E-state index in [1.54, 1.807) is 6.33 Å². The van der Waals surface area contributed by atoms with Crippen molar-refractivity contribution in [3.63, 3.8) is 0 Å². The summed E-state index contributed by atoms with van der Waals surface area (Å²) in [5.74, 6) is 1.65. The van der Waals surface area contributed by atoms with Gasteiger partial charge in [0.15, 0.2) is 0 Å². The van der Waals surface area contributed by atoms with E-state index in [9.17, 15) is 0 Å². The Morgan fingerprint density at radius 2 is 2.06 bits per heavy atom. The third-order valence-electron chi connectivity index (χ3n) is 2.99. The Balaban J connectivity index is 1.66. The van der Waals surface area contributed by atoms with Gasteiger partial charge in [-0.1, -0.05) is 12.8 Å². The van der Waals surface area contributed by atoms with Gasteiger partial charge < -0.3 is 15.4 Å². The molecule has 1 aromatic heterocycles. The number of hydrogen-bond donors (Lipinski definition) is 2. The van der Waals surface area contributed by atoms with Gasteiger partial charge in [-0.15, -0.1) is 0 Å². The van der Waals surface area contributed by atoms with Gasteiger partial charge in [0.25, 0.3) is 0 Å². The summed E-state index contributed by atoms with van der Waals surface area (Å²) in [6.07, 6.45) is 7.10. The molecule has 1 aliphatic rings. The second kappa shape index (κ2) is 6.39. The Morgan fingerprint density at radius 3 is 2.82 bits per heavy atom. The van der Waals surface area contributed by atoms with Crippen molar-refractivity contribution in [1.82, 2.24) is 9.97 Å². The van der Waals surface area contributed by atoms with Gasteiger partial charge in [0.1, 0.15) is 18.0 Å². The van der Waals surface area contributed by atoms with Gasteiger partial charge in [-0.05, 0) is 12.8 Å². The Hall–Kier alpha value is -1.36. The van der Waals surface area contributed by atoms with Crippen LogP contribution in [0.5, 0.6) is 0 Å². The highest BCUT2D eigenvalue weighted by Crippen LogP contribution is 2.20. The van der Waals surface area contributed by atoms with Crippen LogP contribution in [-0.2, 0) is 4.74 Å². The lowest BCUT2D eigenvalue weighted by Gasteiger charge is -2.11. The molecule has 0 saturated heterocycles. The minimum Gasteiger partial charge on any atom is -0.376 e. The number of anilines is 2. The zero-order valence-electron chi connectivity index (χ0n) is 10.3. The highest BCUT2D eigenvalue weighted by Gasteiger charge is 2.14. The molecule has 1 fully saturated rings. The van der Waals surface area contributed by atoms with Gasteiger partial charge >= 0.3 is 0 Å². The third-order valence-corrected chi connectivity index (χ3v) is 2.99. The maximum atomic E-state index is 5.76. The fourth-order valence-electron chi connectivity index (χ4n) is 2.05. The number of hydrogen-bond acceptors (Lipinski definition) is 5. The summed E-state index contributed by atoms with van der Waals surface area (Å²) in [6, 6.07) is 1.88. The summed E-state index contributed by atoms with van der Waals surface area (Å²) in [5, 5.41) is 6.21. The Kier molecular flexibility index (Phi) is 4.55. The van der Waals surface area contributed by atoms with Crippen LogP contribution < -0.4 is 10.6 Å². The van der Waals surface area contributed by atoms with E-state index in [0.29, 0.717) is 6.10 Å². The minimum absolute atomic E-state index is 0.482. The molecule has 5 nitrogen and oxygen atoms in total. The average molecular weight is 236 g/mol. The van der Waals surface area contributed by atoms with Gasteiger partial charge in [0, 0.05) is 19.7 Å². The molecule has 1 saturated carbocycles. The first-order valence-electron chi connectivity index (χ1n) is 6.24. The van der Waals surface area contributed by atoms with Crippen molar-refractivity contribution in [2.45, 2.75) is 31.8 Å². The van der Waals surface area contributed by atoms with E-state index < -0.39 is 0 Å². The van der Waals surface area contributed by atoms with Crippen LogP contribution in [0.3, 0.4) is 0 Å². The molecule has 2 N–H and O–H groups in total. The summed E-state index contributed by atoms with van der Waals surface area (Å²) in [4.78, 5) is 8.19. The molecule has 5 heteroatoms. The van der Waals surface area contributed by atoms with E-state index in [4.69, 9.17) is 4.74 Å². The first kappa shape index (κ1) is 12.1. The quantitative estimate of drug-likeness (QED) is 0.739. The molecule has 94 valence electrons. The van der Waals surface area contributed by atoms with Crippen molar-refractivity contribution in [1.29, 1.82) is 0 Å². The van der Waals surface area contributed by atoms with Crippen LogP contribution in [0.25, 0.3) is 0 Å². The number of aromatic nitrogens is 2. The van der Waals surface area contributed by atoms with Crippen LogP contribution in [0.1, 0.15) is 25.7 Å². The second-order valence-electron chi connectivity index (χ2n) is 4.24. The molecular formula is C12H20N4O. The highest BCUT2D eigenvalue weighted by molar-refractivity contribution is 5.45. The summed E-state index contributed by atoms with van der Waals surface area (Å²) < 4.78 is 5.76. The van der Waals surface area contributed by atoms with Crippen molar-refractivity contribution < 1.29 is 4.74 Å². The van der Waals surface area contributed by atoms with Gasteiger partial charge in [0.2, 0.25) is 0 Å². The molecule has 1 aromatic rings. The molecule has 0 atom stereocenters. The number of ether oxygens (including phenoxy) is 1. The molecular weight excluding hydrogens is 216 g/mol. The van der Waals surface area contributed by atoms with E-state index in [-0.39, 0.29) is 0 Å². The van der Waals surface area contributed by atoms with Crippen molar-refractivity contribution >= 4 is 11.6 Å². The van der Waals surface area contributed by atoms with Crippen molar-refractivity contribution in [2.24, 2.45) is 0 Å². The van der Waals surface area contributed by atoms with Crippen LogP contribution in [0.2, 0.25) is 0 Å². The molecule has 1 aliphatic carbocycles. The number of nitrogens with one attached hydrogen (secondary N) is 2. The largest absolute Gasteiger partial charge is 0.376 e. The lowest BCUT2D eigenvalue weighted by molar-refractivity contribution is 0.0658. The monoisotopic (exact) mass is 236 g/mol. The first-order chi connectivity index (χ1) is 8.38. The van der Waals surface area contributed by atoms with Crippen LogP contribution in [0, 0.1) is 0 Å². The first-order valence-corrected chi connectivity index (χ1v) is 6.24. The maximum Gasteiger partial charge on any atom is 0.131 e. The lowest BCUT2D eigenvalue weighted by Crippen LogP contribution is -2.16. The second-order valence-corrected chi connectivity index (χ2v) is 4.24. The minimum atomic E-state index is 0.482. The Morgan fingerprint density at radius 1 is 1.29 bits per heavy atom. The summed E-state index contributed by atoms with van der Waals surface area (Å²) in [5.41, 5.74) is 0. The third kappa shape index (κ3) is 3.85. The predicted molar refractivity (Wildman–Crippen MR) is 68.3 cm³/mol. The Labute approximate surface area is 102 Å². The van der Waals surface area contributed by atoms with Gasteiger partial charge in [-0.25, -0.2) is 9.97 Å².